The van der Waals surface area contributed by atoms with Gasteiger partial charge in [-0.2, -0.15) is 0 Å². The number of morpholine rings is 1. The SMILES string of the molecule is COc1cccc(CN(C)c2nc(C[NH+]3CCOCC3)nc3sc4c(c23)CCC4)c1OC. The van der Waals surface area contributed by atoms with E-state index < -0.39 is 0 Å². The lowest BCUT2D eigenvalue weighted by Gasteiger charge is -2.25. The highest BCUT2D eigenvalue weighted by Gasteiger charge is 2.26. The standard InChI is InChI=1S/C24H30N4O3S/c1-27(14-16-6-4-8-18(29-2)22(16)30-3)23-21-17-7-5-9-19(17)32-24(21)26-20(25-23)15-28-10-12-31-13-11-28/h4,6,8H,5,7,9-15H2,1-3H3/p+1. The summed E-state index contributed by atoms with van der Waals surface area (Å²) in [7, 11) is 5.48. The Morgan fingerprint density at radius 2 is 1.97 bits per heavy atom. The summed E-state index contributed by atoms with van der Waals surface area (Å²) in [5.41, 5.74) is 2.53. The van der Waals surface area contributed by atoms with Gasteiger partial charge in [-0.1, -0.05) is 12.1 Å². The quantitative estimate of drug-likeness (QED) is 0.590. The van der Waals surface area contributed by atoms with Crippen LogP contribution in [0.25, 0.3) is 10.2 Å². The van der Waals surface area contributed by atoms with Gasteiger partial charge >= 0.3 is 0 Å². The van der Waals surface area contributed by atoms with E-state index in [1.165, 1.54) is 27.1 Å². The van der Waals surface area contributed by atoms with Crippen molar-refractivity contribution in [3.8, 4) is 11.5 Å². The number of hydrogen-bond donors (Lipinski definition) is 1. The van der Waals surface area contributed by atoms with E-state index in [2.05, 4.69) is 18.0 Å². The van der Waals surface area contributed by atoms with Gasteiger partial charge in [0.15, 0.2) is 17.3 Å². The number of nitrogens with zero attached hydrogens (tertiary/aromatic N) is 3. The van der Waals surface area contributed by atoms with Gasteiger partial charge in [0.05, 0.1) is 32.8 Å². The van der Waals surface area contributed by atoms with E-state index in [1.54, 1.807) is 14.2 Å². The molecule has 0 saturated carbocycles. The maximum atomic E-state index is 5.68. The Kier molecular flexibility index (Phi) is 6.17. The van der Waals surface area contributed by atoms with Crippen LogP contribution in [-0.4, -0.2) is 57.5 Å². The first kappa shape index (κ1) is 21.4. The van der Waals surface area contributed by atoms with Crippen LogP contribution in [0.15, 0.2) is 18.2 Å². The molecule has 0 unspecified atom stereocenters. The zero-order valence-corrected chi connectivity index (χ0v) is 19.9. The summed E-state index contributed by atoms with van der Waals surface area (Å²) >= 11 is 1.86. The summed E-state index contributed by atoms with van der Waals surface area (Å²) in [4.78, 5) is 16.5. The molecule has 0 atom stereocenters. The van der Waals surface area contributed by atoms with Gasteiger partial charge in [0.1, 0.15) is 30.3 Å². The number of aryl methyl sites for hydroxylation is 2. The minimum Gasteiger partial charge on any atom is -0.493 e. The van der Waals surface area contributed by atoms with Crippen LogP contribution in [0.4, 0.5) is 5.82 Å². The third-order valence-electron chi connectivity index (χ3n) is 6.45. The van der Waals surface area contributed by atoms with Gasteiger partial charge in [0.2, 0.25) is 0 Å². The van der Waals surface area contributed by atoms with Gasteiger partial charge in [0.25, 0.3) is 0 Å². The maximum absolute atomic E-state index is 5.68. The molecule has 1 fully saturated rings. The van der Waals surface area contributed by atoms with Crippen LogP contribution < -0.4 is 19.3 Å². The van der Waals surface area contributed by atoms with E-state index >= 15 is 0 Å². The number of hydrogen-bond acceptors (Lipinski definition) is 7. The van der Waals surface area contributed by atoms with Crippen molar-refractivity contribution in [2.75, 3.05) is 52.5 Å². The molecule has 7 nitrogen and oxygen atoms in total. The van der Waals surface area contributed by atoms with Crippen LogP contribution in [0.2, 0.25) is 0 Å². The number of thiophene rings is 1. The minimum atomic E-state index is 0.682. The number of nitrogens with one attached hydrogen (secondary N) is 1. The second-order valence-corrected chi connectivity index (χ2v) is 9.63. The summed E-state index contributed by atoms with van der Waals surface area (Å²) in [6.07, 6.45) is 3.51. The van der Waals surface area contributed by atoms with Gasteiger partial charge in [-0.3, -0.25) is 0 Å². The van der Waals surface area contributed by atoms with Crippen molar-refractivity contribution in [2.45, 2.75) is 32.4 Å². The van der Waals surface area contributed by atoms with Crippen LogP contribution >= 0.6 is 11.3 Å². The lowest BCUT2D eigenvalue weighted by Crippen LogP contribution is -3.12. The third kappa shape index (κ3) is 4.02. The van der Waals surface area contributed by atoms with Crippen LogP contribution in [0.3, 0.4) is 0 Å². The molecule has 3 aromatic rings. The number of ether oxygens (including phenoxy) is 3. The van der Waals surface area contributed by atoms with E-state index in [9.17, 15) is 0 Å². The van der Waals surface area contributed by atoms with Crippen molar-refractivity contribution in [1.29, 1.82) is 0 Å². The maximum Gasteiger partial charge on any atom is 0.187 e. The lowest BCUT2D eigenvalue weighted by molar-refractivity contribution is -0.922. The fourth-order valence-corrected chi connectivity index (χ4v) is 6.12. The summed E-state index contributed by atoms with van der Waals surface area (Å²) in [6, 6.07) is 6.03. The Morgan fingerprint density at radius 1 is 1.12 bits per heavy atom. The van der Waals surface area contributed by atoms with Gasteiger partial charge in [-0.15, -0.1) is 11.3 Å². The number of aromatic nitrogens is 2. The van der Waals surface area contributed by atoms with E-state index in [4.69, 9.17) is 24.2 Å². The highest BCUT2D eigenvalue weighted by Crippen LogP contribution is 2.41. The summed E-state index contributed by atoms with van der Waals surface area (Å²) in [5.74, 6) is 3.48. The molecule has 170 valence electrons. The largest absolute Gasteiger partial charge is 0.493 e. The summed E-state index contributed by atoms with van der Waals surface area (Å²) in [5, 5.41) is 1.24. The molecule has 1 N–H and O–H groups in total. The topological polar surface area (TPSA) is 61.2 Å². The fraction of sp³-hybridized carbons (Fsp3) is 0.500. The Balaban J connectivity index is 1.52. The Morgan fingerprint density at radius 3 is 2.75 bits per heavy atom. The van der Waals surface area contributed by atoms with Gasteiger partial charge in [0, 0.05) is 24.0 Å². The van der Waals surface area contributed by atoms with Crippen LogP contribution in [0.1, 0.15) is 28.2 Å². The molecule has 0 radical (unpaired) electrons. The number of methoxy groups -OCH3 is 2. The third-order valence-corrected chi connectivity index (χ3v) is 7.64. The van der Waals surface area contributed by atoms with E-state index in [0.717, 1.165) is 79.2 Å². The molecule has 8 heteroatoms. The average Bonchev–Trinajstić information content (AvgIpc) is 3.40. The van der Waals surface area contributed by atoms with Crippen LogP contribution in [-0.2, 0) is 30.7 Å². The van der Waals surface area contributed by atoms with Gasteiger partial charge in [-0.05, 0) is 30.9 Å². The zero-order chi connectivity index (χ0) is 22.1. The molecule has 1 aromatic carbocycles. The van der Waals surface area contributed by atoms with Crippen molar-refractivity contribution < 1.29 is 19.1 Å². The predicted octanol–water partition coefficient (Wildman–Crippen LogP) is 2.25. The molecular formula is C24H31N4O3S+. The molecule has 32 heavy (non-hydrogen) atoms. The van der Waals surface area contributed by atoms with E-state index in [1.807, 2.05) is 23.5 Å². The van der Waals surface area contributed by atoms with Gasteiger partial charge in [-0.25, -0.2) is 9.97 Å². The molecule has 0 spiro atoms. The molecule has 1 aliphatic heterocycles. The van der Waals surface area contributed by atoms with Crippen LogP contribution in [0.5, 0.6) is 11.5 Å². The van der Waals surface area contributed by atoms with Crippen molar-refractivity contribution in [1.82, 2.24) is 9.97 Å². The Hall–Kier alpha value is -2.42. The number of anilines is 1. The molecule has 5 rings (SSSR count). The molecule has 3 heterocycles. The minimum absolute atomic E-state index is 0.682. The highest BCUT2D eigenvalue weighted by atomic mass is 32.1. The van der Waals surface area contributed by atoms with Crippen molar-refractivity contribution in [3.05, 3.63) is 40.0 Å². The second kappa shape index (κ2) is 9.21. The number of benzene rings is 1. The zero-order valence-electron chi connectivity index (χ0n) is 19.1. The lowest BCUT2D eigenvalue weighted by atomic mass is 10.1. The van der Waals surface area contributed by atoms with E-state index in [-0.39, 0.29) is 0 Å². The first-order chi connectivity index (χ1) is 15.7. The summed E-state index contributed by atoms with van der Waals surface area (Å²) < 4.78 is 16.7. The number of rotatable bonds is 7. The average molecular weight is 456 g/mol. The molecule has 2 aromatic heterocycles. The molecule has 1 saturated heterocycles. The molecule has 0 amide bonds. The molecule has 1 aliphatic carbocycles. The fourth-order valence-electron chi connectivity index (χ4n) is 4.84. The van der Waals surface area contributed by atoms with Crippen molar-refractivity contribution >= 4 is 27.4 Å². The predicted molar refractivity (Wildman–Crippen MR) is 126 cm³/mol. The summed E-state index contributed by atoms with van der Waals surface area (Å²) in [6.45, 7) is 5.16. The molecule has 2 aliphatic rings. The first-order valence-electron chi connectivity index (χ1n) is 11.3. The Bertz CT molecular complexity index is 1110. The van der Waals surface area contributed by atoms with Crippen molar-refractivity contribution in [2.24, 2.45) is 0 Å². The number of para-hydroxylation sites is 1. The van der Waals surface area contributed by atoms with Gasteiger partial charge < -0.3 is 24.0 Å². The van der Waals surface area contributed by atoms with Crippen LogP contribution in [0, 0.1) is 0 Å². The number of fused-ring (bicyclic) bond motifs is 3. The second-order valence-electron chi connectivity index (χ2n) is 8.55. The Labute approximate surface area is 192 Å². The number of quaternary nitrogens is 1. The smallest absolute Gasteiger partial charge is 0.187 e. The first-order valence-corrected chi connectivity index (χ1v) is 12.1. The highest BCUT2D eigenvalue weighted by molar-refractivity contribution is 7.19. The van der Waals surface area contributed by atoms with E-state index in [0.29, 0.717) is 6.54 Å². The molecule has 0 bridgehead atoms. The normalized spacial score (nSPS) is 16.3. The van der Waals surface area contributed by atoms with Crippen molar-refractivity contribution in [3.63, 3.8) is 0 Å². The monoisotopic (exact) mass is 455 g/mol. The molecular weight excluding hydrogens is 424 g/mol.